The molecule has 4 rings (SSSR count). The molecule has 1 atom stereocenters. The van der Waals surface area contributed by atoms with Gasteiger partial charge in [-0.3, -0.25) is 4.79 Å². The second-order valence-electron chi connectivity index (χ2n) is 7.02. The van der Waals surface area contributed by atoms with Crippen molar-refractivity contribution in [3.63, 3.8) is 0 Å². The quantitative estimate of drug-likeness (QED) is 0.665. The van der Waals surface area contributed by atoms with E-state index in [1.54, 1.807) is 7.11 Å². The summed E-state index contributed by atoms with van der Waals surface area (Å²) >= 11 is 1.49. The van der Waals surface area contributed by atoms with Gasteiger partial charge in [0.25, 0.3) is 5.91 Å². The topological polar surface area (TPSA) is 55.3 Å². The van der Waals surface area contributed by atoms with Gasteiger partial charge in [-0.2, -0.15) is 0 Å². The lowest BCUT2D eigenvalue weighted by Crippen LogP contribution is -2.30. The summed E-state index contributed by atoms with van der Waals surface area (Å²) in [7, 11) is 1.66. The maximum absolute atomic E-state index is 13.4. The SMILES string of the molecule is COc1ccc(C2CCCN2C(=O)c2sc3nc(C)nc(C)c3c2C)cc1. The van der Waals surface area contributed by atoms with Gasteiger partial charge in [0, 0.05) is 17.6 Å². The van der Waals surface area contributed by atoms with E-state index in [1.165, 1.54) is 11.3 Å². The lowest BCUT2D eigenvalue weighted by Gasteiger charge is -2.25. The molecule has 1 aliphatic rings. The van der Waals surface area contributed by atoms with E-state index in [1.807, 2.05) is 37.8 Å². The zero-order chi connectivity index (χ0) is 19.1. The highest BCUT2D eigenvalue weighted by molar-refractivity contribution is 7.20. The molecule has 2 aromatic heterocycles. The summed E-state index contributed by atoms with van der Waals surface area (Å²) < 4.78 is 5.25. The fourth-order valence-corrected chi connectivity index (χ4v) is 5.22. The van der Waals surface area contributed by atoms with Crippen LogP contribution in [0.1, 0.15) is 51.2 Å². The minimum absolute atomic E-state index is 0.103. The first-order chi connectivity index (χ1) is 13.0. The molecule has 1 unspecified atom stereocenters. The minimum atomic E-state index is 0.103. The van der Waals surface area contributed by atoms with E-state index in [2.05, 4.69) is 22.1 Å². The number of rotatable bonds is 3. The smallest absolute Gasteiger partial charge is 0.264 e. The molecule has 3 aromatic rings. The van der Waals surface area contributed by atoms with Gasteiger partial charge in [-0.1, -0.05) is 12.1 Å². The van der Waals surface area contributed by atoms with Gasteiger partial charge >= 0.3 is 0 Å². The van der Waals surface area contributed by atoms with Gasteiger partial charge in [-0.15, -0.1) is 11.3 Å². The molecule has 140 valence electrons. The number of hydrogen-bond acceptors (Lipinski definition) is 5. The third kappa shape index (κ3) is 3.08. The van der Waals surface area contributed by atoms with Gasteiger partial charge in [0.15, 0.2) is 0 Å². The summed E-state index contributed by atoms with van der Waals surface area (Å²) in [6, 6.07) is 8.16. The molecular weight excluding hydrogens is 358 g/mol. The third-order valence-electron chi connectivity index (χ3n) is 5.29. The Morgan fingerprint density at radius 2 is 1.93 bits per heavy atom. The van der Waals surface area contributed by atoms with Crippen LogP contribution in [-0.2, 0) is 0 Å². The van der Waals surface area contributed by atoms with Crippen LogP contribution in [0, 0.1) is 20.8 Å². The lowest BCUT2D eigenvalue weighted by molar-refractivity contribution is 0.0740. The number of hydrogen-bond donors (Lipinski definition) is 0. The van der Waals surface area contributed by atoms with Crippen molar-refractivity contribution in [1.82, 2.24) is 14.9 Å². The van der Waals surface area contributed by atoms with Crippen molar-refractivity contribution in [3.05, 3.63) is 51.8 Å². The van der Waals surface area contributed by atoms with Crippen LogP contribution in [-0.4, -0.2) is 34.4 Å². The maximum Gasteiger partial charge on any atom is 0.264 e. The van der Waals surface area contributed by atoms with Crippen LogP contribution >= 0.6 is 11.3 Å². The summed E-state index contributed by atoms with van der Waals surface area (Å²) in [5, 5.41) is 1.02. The van der Waals surface area contributed by atoms with Crippen LogP contribution < -0.4 is 4.74 Å². The van der Waals surface area contributed by atoms with E-state index < -0.39 is 0 Å². The van der Waals surface area contributed by atoms with Crippen LogP contribution in [0.15, 0.2) is 24.3 Å². The first-order valence-corrected chi connectivity index (χ1v) is 10.0. The van der Waals surface area contributed by atoms with Gasteiger partial charge in [-0.05, 0) is 56.9 Å². The third-order valence-corrected chi connectivity index (χ3v) is 6.47. The van der Waals surface area contributed by atoms with E-state index in [0.29, 0.717) is 0 Å². The molecule has 0 N–H and O–H groups in total. The number of benzene rings is 1. The molecule has 6 heteroatoms. The number of amides is 1. The zero-order valence-electron chi connectivity index (χ0n) is 16.1. The fourth-order valence-electron chi connectivity index (χ4n) is 3.99. The van der Waals surface area contributed by atoms with Gasteiger partial charge in [0.1, 0.15) is 16.4 Å². The molecule has 1 amide bonds. The Morgan fingerprint density at radius 1 is 1.19 bits per heavy atom. The van der Waals surface area contributed by atoms with Gasteiger partial charge in [-0.25, -0.2) is 9.97 Å². The molecule has 0 saturated carbocycles. The first-order valence-electron chi connectivity index (χ1n) is 9.19. The van der Waals surface area contributed by atoms with Gasteiger partial charge in [0.2, 0.25) is 0 Å². The molecule has 1 aromatic carbocycles. The number of carbonyl (C=O) groups is 1. The Morgan fingerprint density at radius 3 is 2.63 bits per heavy atom. The summed E-state index contributed by atoms with van der Waals surface area (Å²) in [5.41, 5.74) is 3.10. The molecule has 5 nitrogen and oxygen atoms in total. The lowest BCUT2D eigenvalue weighted by atomic mass is 10.0. The van der Waals surface area contributed by atoms with Crippen LogP contribution in [0.3, 0.4) is 0 Å². The van der Waals surface area contributed by atoms with Crippen molar-refractivity contribution in [1.29, 1.82) is 0 Å². The van der Waals surface area contributed by atoms with E-state index in [4.69, 9.17) is 4.74 Å². The number of aryl methyl sites for hydroxylation is 3. The van der Waals surface area contributed by atoms with Crippen molar-refractivity contribution < 1.29 is 9.53 Å². The highest BCUT2D eigenvalue weighted by Crippen LogP contribution is 2.37. The highest BCUT2D eigenvalue weighted by atomic mass is 32.1. The average Bonchev–Trinajstić information content (AvgIpc) is 3.26. The summed E-state index contributed by atoms with van der Waals surface area (Å²) in [6.07, 6.45) is 2.00. The van der Waals surface area contributed by atoms with Crippen molar-refractivity contribution in [2.75, 3.05) is 13.7 Å². The normalized spacial score (nSPS) is 16.9. The number of aromatic nitrogens is 2. The number of carbonyl (C=O) groups excluding carboxylic acids is 1. The molecule has 27 heavy (non-hydrogen) atoms. The average molecular weight is 382 g/mol. The van der Waals surface area contributed by atoms with Crippen LogP contribution in [0.2, 0.25) is 0 Å². The number of fused-ring (bicyclic) bond motifs is 1. The monoisotopic (exact) mass is 381 g/mol. The number of nitrogens with zero attached hydrogens (tertiary/aromatic N) is 3. The molecule has 0 aliphatic carbocycles. The predicted octanol–water partition coefficient (Wildman–Crippen LogP) is 4.60. The van der Waals surface area contributed by atoms with Crippen molar-refractivity contribution in [2.45, 2.75) is 39.7 Å². The van der Waals surface area contributed by atoms with E-state index in [9.17, 15) is 4.79 Å². The van der Waals surface area contributed by atoms with Crippen LogP contribution in [0.4, 0.5) is 0 Å². The maximum atomic E-state index is 13.4. The predicted molar refractivity (Wildman–Crippen MR) is 108 cm³/mol. The van der Waals surface area contributed by atoms with E-state index in [-0.39, 0.29) is 11.9 Å². The summed E-state index contributed by atoms with van der Waals surface area (Å²) in [4.78, 5) is 26.1. The molecule has 0 spiro atoms. The number of likely N-dealkylation sites (tertiary alicyclic amines) is 1. The second kappa shape index (κ2) is 6.93. The molecule has 3 heterocycles. The van der Waals surface area contributed by atoms with Gasteiger partial charge < -0.3 is 9.64 Å². The molecule has 1 fully saturated rings. The Kier molecular flexibility index (Phi) is 4.60. The Hall–Kier alpha value is -2.47. The minimum Gasteiger partial charge on any atom is -0.497 e. The molecular formula is C21H23N3O2S. The second-order valence-corrected chi connectivity index (χ2v) is 8.02. The highest BCUT2D eigenvalue weighted by Gasteiger charge is 2.32. The number of methoxy groups -OCH3 is 1. The Balaban J connectivity index is 1.70. The summed E-state index contributed by atoms with van der Waals surface area (Å²) in [5.74, 6) is 1.68. The summed E-state index contributed by atoms with van der Waals surface area (Å²) in [6.45, 7) is 6.67. The molecule has 0 radical (unpaired) electrons. The Bertz CT molecular complexity index is 1010. The number of thiophene rings is 1. The molecule has 0 bridgehead atoms. The standard InChI is InChI=1S/C21H23N3O2S/c1-12-18-13(2)22-14(3)23-20(18)27-19(12)21(25)24-11-5-6-17(24)15-7-9-16(26-4)10-8-15/h7-10,17H,5-6,11H2,1-4H3. The van der Waals surface area contributed by atoms with Crippen LogP contribution in [0.5, 0.6) is 5.75 Å². The van der Waals surface area contributed by atoms with Gasteiger partial charge in [0.05, 0.1) is 18.0 Å². The van der Waals surface area contributed by atoms with E-state index >= 15 is 0 Å². The van der Waals surface area contributed by atoms with Crippen molar-refractivity contribution in [2.24, 2.45) is 0 Å². The number of ether oxygens (including phenoxy) is 1. The van der Waals surface area contributed by atoms with Crippen molar-refractivity contribution >= 4 is 27.5 Å². The molecule has 1 saturated heterocycles. The largest absolute Gasteiger partial charge is 0.497 e. The van der Waals surface area contributed by atoms with Crippen LogP contribution in [0.25, 0.3) is 10.2 Å². The fraction of sp³-hybridized carbons (Fsp3) is 0.381. The molecule has 1 aliphatic heterocycles. The van der Waals surface area contributed by atoms with E-state index in [0.717, 1.165) is 62.9 Å². The van der Waals surface area contributed by atoms with Crippen molar-refractivity contribution in [3.8, 4) is 5.75 Å². The first kappa shape index (κ1) is 17.9. The Labute approximate surface area is 163 Å². The zero-order valence-corrected chi connectivity index (χ0v) is 16.9.